The van der Waals surface area contributed by atoms with Crippen LogP contribution in [0.1, 0.15) is 29.7 Å². The zero-order chi connectivity index (χ0) is 13.8. The number of nitrogens with one attached hydrogen (secondary N) is 1. The van der Waals surface area contributed by atoms with Crippen molar-refractivity contribution < 1.29 is 14.7 Å². The topological polar surface area (TPSA) is 69.6 Å². The number of likely N-dealkylation sites (tertiary alicyclic amines) is 1. The first-order chi connectivity index (χ1) is 9.08. The van der Waals surface area contributed by atoms with Crippen molar-refractivity contribution in [2.75, 3.05) is 6.54 Å². The molecule has 0 aliphatic carbocycles. The summed E-state index contributed by atoms with van der Waals surface area (Å²) in [5, 5.41) is 13.7. The molecule has 1 saturated heterocycles. The van der Waals surface area contributed by atoms with Gasteiger partial charge in [-0.3, -0.25) is 4.79 Å². The van der Waals surface area contributed by atoms with Gasteiger partial charge >= 0.3 is 12.0 Å². The average Bonchev–Trinajstić information content (AvgIpc) is 2.95. The first-order valence-corrected chi connectivity index (χ1v) is 7.25. The Morgan fingerprint density at radius 1 is 1.58 bits per heavy atom. The lowest BCUT2D eigenvalue weighted by molar-refractivity contribution is -0.137. The minimum atomic E-state index is -0.848. The van der Waals surface area contributed by atoms with E-state index in [0.717, 1.165) is 17.7 Å². The summed E-state index contributed by atoms with van der Waals surface area (Å²) >= 11 is 1.62. The molecular weight excluding hydrogens is 264 g/mol. The summed E-state index contributed by atoms with van der Waals surface area (Å²) < 4.78 is 0. The summed E-state index contributed by atoms with van der Waals surface area (Å²) in [5.41, 5.74) is 1.17. The van der Waals surface area contributed by atoms with E-state index in [4.69, 9.17) is 5.11 Å². The number of hydrogen-bond donors (Lipinski definition) is 2. The summed E-state index contributed by atoms with van der Waals surface area (Å²) in [5.74, 6) is -0.848. The molecule has 5 nitrogen and oxygen atoms in total. The standard InChI is InChI=1S/C13H18N2O3S/c1-9-4-6-19-11(9)8-14-13(18)15-5-2-3-10(15)7-12(16)17/h4,6,10H,2-3,5,7-8H2,1H3,(H,14,18)(H,16,17). The molecule has 0 bridgehead atoms. The Hall–Kier alpha value is -1.56. The molecule has 1 fully saturated rings. The van der Waals surface area contributed by atoms with E-state index in [0.29, 0.717) is 13.1 Å². The van der Waals surface area contributed by atoms with Gasteiger partial charge in [-0.05, 0) is 36.8 Å². The van der Waals surface area contributed by atoms with E-state index < -0.39 is 5.97 Å². The van der Waals surface area contributed by atoms with Gasteiger partial charge in [0, 0.05) is 17.5 Å². The maximum absolute atomic E-state index is 12.1. The molecule has 6 heteroatoms. The van der Waals surface area contributed by atoms with Crippen LogP contribution in [-0.4, -0.2) is 34.6 Å². The SMILES string of the molecule is Cc1ccsc1CNC(=O)N1CCCC1CC(=O)O. The second kappa shape index (κ2) is 6.06. The number of thiophene rings is 1. The highest BCUT2D eigenvalue weighted by molar-refractivity contribution is 7.10. The fourth-order valence-corrected chi connectivity index (χ4v) is 3.21. The van der Waals surface area contributed by atoms with E-state index >= 15 is 0 Å². The van der Waals surface area contributed by atoms with E-state index in [9.17, 15) is 9.59 Å². The number of nitrogens with zero attached hydrogens (tertiary/aromatic N) is 1. The van der Waals surface area contributed by atoms with Gasteiger partial charge in [0.05, 0.1) is 13.0 Å². The Morgan fingerprint density at radius 3 is 3.00 bits per heavy atom. The molecule has 1 aromatic heterocycles. The Bertz CT molecular complexity index is 472. The molecule has 2 amide bonds. The van der Waals surface area contributed by atoms with Gasteiger partial charge in [-0.25, -0.2) is 4.79 Å². The summed E-state index contributed by atoms with van der Waals surface area (Å²) in [6.45, 7) is 3.17. The van der Waals surface area contributed by atoms with Crippen LogP contribution in [0.15, 0.2) is 11.4 Å². The van der Waals surface area contributed by atoms with E-state index in [2.05, 4.69) is 5.32 Å². The third kappa shape index (κ3) is 3.47. The first-order valence-electron chi connectivity index (χ1n) is 6.37. The third-order valence-electron chi connectivity index (χ3n) is 3.42. The number of amides is 2. The minimum Gasteiger partial charge on any atom is -0.481 e. The van der Waals surface area contributed by atoms with Crippen LogP contribution in [0.3, 0.4) is 0 Å². The van der Waals surface area contributed by atoms with Gasteiger partial charge in [0.25, 0.3) is 0 Å². The molecule has 2 N–H and O–H groups in total. The van der Waals surface area contributed by atoms with Gasteiger partial charge in [0.15, 0.2) is 0 Å². The van der Waals surface area contributed by atoms with Crippen molar-refractivity contribution in [1.82, 2.24) is 10.2 Å². The summed E-state index contributed by atoms with van der Waals surface area (Å²) in [6, 6.07) is 1.70. The van der Waals surface area contributed by atoms with E-state index in [-0.39, 0.29) is 18.5 Å². The quantitative estimate of drug-likeness (QED) is 0.889. The summed E-state index contributed by atoms with van der Waals surface area (Å²) in [7, 11) is 0. The largest absolute Gasteiger partial charge is 0.481 e. The molecule has 2 heterocycles. The zero-order valence-corrected chi connectivity index (χ0v) is 11.7. The van der Waals surface area contributed by atoms with Crippen molar-refractivity contribution in [3.63, 3.8) is 0 Å². The molecule has 0 aromatic carbocycles. The molecule has 0 spiro atoms. The third-order valence-corrected chi connectivity index (χ3v) is 4.44. The van der Waals surface area contributed by atoms with Crippen LogP contribution < -0.4 is 5.32 Å². The number of rotatable bonds is 4. The molecule has 2 rings (SSSR count). The number of carbonyl (C=O) groups is 2. The van der Waals surface area contributed by atoms with Crippen LogP contribution >= 0.6 is 11.3 Å². The second-order valence-corrected chi connectivity index (χ2v) is 5.77. The van der Waals surface area contributed by atoms with Gasteiger partial charge < -0.3 is 15.3 Å². The lowest BCUT2D eigenvalue weighted by Crippen LogP contribution is -2.43. The van der Waals surface area contributed by atoms with E-state index in [1.807, 2.05) is 18.4 Å². The molecule has 1 atom stereocenters. The number of aliphatic carboxylic acids is 1. The summed E-state index contributed by atoms with van der Waals surface area (Å²) in [6.07, 6.45) is 1.69. The van der Waals surface area contributed by atoms with Crippen LogP contribution in [0, 0.1) is 6.92 Å². The highest BCUT2D eigenvalue weighted by Crippen LogP contribution is 2.20. The highest BCUT2D eigenvalue weighted by Gasteiger charge is 2.30. The van der Waals surface area contributed by atoms with Gasteiger partial charge in [0.2, 0.25) is 0 Å². The predicted molar refractivity (Wildman–Crippen MR) is 73.3 cm³/mol. The Morgan fingerprint density at radius 2 is 2.37 bits per heavy atom. The molecule has 1 aromatic rings. The minimum absolute atomic E-state index is 0.0332. The van der Waals surface area contributed by atoms with Gasteiger partial charge in [-0.1, -0.05) is 0 Å². The van der Waals surface area contributed by atoms with Crippen LogP contribution in [0.2, 0.25) is 0 Å². The van der Waals surface area contributed by atoms with Crippen molar-refractivity contribution in [3.8, 4) is 0 Å². The number of aryl methyl sites for hydroxylation is 1. The number of urea groups is 1. The van der Waals surface area contributed by atoms with Crippen LogP contribution in [-0.2, 0) is 11.3 Å². The number of carboxylic acid groups (broad SMARTS) is 1. The fourth-order valence-electron chi connectivity index (χ4n) is 2.36. The normalized spacial score (nSPS) is 18.6. The molecule has 1 unspecified atom stereocenters. The van der Waals surface area contributed by atoms with Gasteiger partial charge in [-0.2, -0.15) is 0 Å². The average molecular weight is 282 g/mol. The highest BCUT2D eigenvalue weighted by atomic mass is 32.1. The maximum atomic E-state index is 12.1. The van der Waals surface area contributed by atoms with E-state index in [1.165, 1.54) is 5.56 Å². The fraction of sp³-hybridized carbons (Fsp3) is 0.538. The Balaban J connectivity index is 1.88. The lowest BCUT2D eigenvalue weighted by Gasteiger charge is -2.23. The van der Waals surface area contributed by atoms with Crippen molar-refractivity contribution in [2.45, 2.75) is 38.8 Å². The number of hydrogen-bond acceptors (Lipinski definition) is 3. The molecule has 1 aliphatic rings. The second-order valence-electron chi connectivity index (χ2n) is 4.77. The smallest absolute Gasteiger partial charge is 0.317 e. The number of carboxylic acids is 1. The van der Waals surface area contributed by atoms with Gasteiger partial charge in [0.1, 0.15) is 0 Å². The van der Waals surface area contributed by atoms with Crippen molar-refractivity contribution in [1.29, 1.82) is 0 Å². The summed E-state index contributed by atoms with van der Waals surface area (Å²) in [4.78, 5) is 25.6. The first kappa shape index (κ1) is 13.9. The molecule has 0 saturated carbocycles. The van der Waals surface area contributed by atoms with Crippen LogP contribution in [0.5, 0.6) is 0 Å². The van der Waals surface area contributed by atoms with Crippen molar-refractivity contribution in [2.24, 2.45) is 0 Å². The molecule has 0 radical (unpaired) electrons. The zero-order valence-electron chi connectivity index (χ0n) is 10.9. The Kier molecular flexibility index (Phi) is 4.42. The maximum Gasteiger partial charge on any atom is 0.317 e. The van der Waals surface area contributed by atoms with Crippen LogP contribution in [0.25, 0.3) is 0 Å². The van der Waals surface area contributed by atoms with Crippen molar-refractivity contribution in [3.05, 3.63) is 21.9 Å². The molecule has 104 valence electrons. The predicted octanol–water partition coefficient (Wildman–Crippen LogP) is 2.21. The molecule has 19 heavy (non-hydrogen) atoms. The van der Waals surface area contributed by atoms with Gasteiger partial charge in [-0.15, -0.1) is 11.3 Å². The monoisotopic (exact) mass is 282 g/mol. The van der Waals surface area contributed by atoms with E-state index in [1.54, 1.807) is 16.2 Å². The van der Waals surface area contributed by atoms with Crippen LogP contribution in [0.4, 0.5) is 4.79 Å². The number of carbonyl (C=O) groups excluding carboxylic acids is 1. The molecule has 1 aliphatic heterocycles. The molecular formula is C13H18N2O3S. The van der Waals surface area contributed by atoms with Crippen molar-refractivity contribution >= 4 is 23.3 Å². The Labute approximate surface area is 116 Å². The lowest BCUT2D eigenvalue weighted by atomic mass is 10.1.